The maximum absolute atomic E-state index is 9.06. The van der Waals surface area contributed by atoms with Gasteiger partial charge in [0.2, 0.25) is 0 Å². The summed E-state index contributed by atoms with van der Waals surface area (Å²) in [5, 5.41) is 13.0. The molecule has 80 valence electrons. The molecule has 0 saturated carbocycles. The van der Waals surface area contributed by atoms with Gasteiger partial charge in [0, 0.05) is 18.5 Å². The number of rotatable bonds is 3. The number of hydrogen-bond donors (Lipinski definition) is 2. The third kappa shape index (κ3) is 1.95. The van der Waals surface area contributed by atoms with E-state index in [0.717, 1.165) is 10.9 Å². The number of nitrogens with two attached hydrogens (primary N) is 1. The van der Waals surface area contributed by atoms with Gasteiger partial charge in [0.05, 0.1) is 17.1 Å². The van der Waals surface area contributed by atoms with Gasteiger partial charge in [-0.2, -0.15) is 5.26 Å². The number of pyridine rings is 1. The molecule has 4 heteroatoms. The van der Waals surface area contributed by atoms with Gasteiger partial charge in [-0.3, -0.25) is 0 Å². The van der Waals surface area contributed by atoms with Crippen LogP contribution in [0, 0.1) is 11.3 Å². The van der Waals surface area contributed by atoms with Gasteiger partial charge in [0.15, 0.2) is 0 Å². The molecular formula is C12H12N4. The first-order chi connectivity index (χ1) is 7.85. The van der Waals surface area contributed by atoms with Gasteiger partial charge in [-0.15, -0.1) is 0 Å². The predicted molar refractivity (Wildman–Crippen MR) is 64.0 cm³/mol. The van der Waals surface area contributed by atoms with E-state index in [-0.39, 0.29) is 0 Å². The highest BCUT2D eigenvalue weighted by Gasteiger charge is 2.03. The van der Waals surface area contributed by atoms with Crippen LogP contribution in [0.25, 0.3) is 10.9 Å². The van der Waals surface area contributed by atoms with Crippen molar-refractivity contribution in [2.45, 2.75) is 0 Å². The molecule has 0 atom stereocenters. The maximum atomic E-state index is 9.06. The summed E-state index contributed by atoms with van der Waals surface area (Å²) in [7, 11) is 0. The summed E-state index contributed by atoms with van der Waals surface area (Å²) >= 11 is 0. The molecule has 0 spiro atoms. The van der Waals surface area contributed by atoms with E-state index in [1.165, 1.54) is 0 Å². The van der Waals surface area contributed by atoms with Crippen LogP contribution in [-0.2, 0) is 0 Å². The summed E-state index contributed by atoms with van der Waals surface area (Å²) in [6.07, 6.45) is 0. The fourth-order valence-corrected chi connectivity index (χ4v) is 1.56. The Kier molecular flexibility index (Phi) is 2.99. The summed E-state index contributed by atoms with van der Waals surface area (Å²) < 4.78 is 0. The summed E-state index contributed by atoms with van der Waals surface area (Å²) in [5.41, 5.74) is 6.85. The maximum Gasteiger partial charge on any atom is 0.128 e. The minimum Gasteiger partial charge on any atom is -0.369 e. The molecule has 0 aliphatic rings. The van der Waals surface area contributed by atoms with E-state index in [9.17, 15) is 0 Å². The van der Waals surface area contributed by atoms with E-state index < -0.39 is 0 Å². The van der Waals surface area contributed by atoms with Gasteiger partial charge < -0.3 is 11.1 Å². The molecule has 0 unspecified atom stereocenters. The molecule has 2 rings (SSSR count). The largest absolute Gasteiger partial charge is 0.369 e. The number of fused-ring (bicyclic) bond motifs is 1. The molecule has 0 bridgehead atoms. The van der Waals surface area contributed by atoms with E-state index >= 15 is 0 Å². The van der Waals surface area contributed by atoms with Gasteiger partial charge in [-0.1, -0.05) is 18.2 Å². The molecule has 0 fully saturated rings. The smallest absolute Gasteiger partial charge is 0.128 e. The second-order valence-corrected chi connectivity index (χ2v) is 3.40. The summed E-state index contributed by atoms with van der Waals surface area (Å²) in [5.74, 6) is 0.695. The van der Waals surface area contributed by atoms with Gasteiger partial charge in [-0.25, -0.2) is 4.98 Å². The number of para-hydroxylation sites is 1. The first-order valence-electron chi connectivity index (χ1n) is 5.09. The third-order valence-corrected chi connectivity index (χ3v) is 2.29. The number of nitriles is 1. The fraction of sp³-hybridized carbons (Fsp3) is 0.167. The average molecular weight is 212 g/mol. The molecule has 1 aromatic carbocycles. The average Bonchev–Trinajstić information content (AvgIpc) is 2.35. The van der Waals surface area contributed by atoms with Crippen molar-refractivity contribution in [3.63, 3.8) is 0 Å². The van der Waals surface area contributed by atoms with Crippen LogP contribution in [0.15, 0.2) is 30.3 Å². The van der Waals surface area contributed by atoms with Gasteiger partial charge >= 0.3 is 0 Å². The second-order valence-electron chi connectivity index (χ2n) is 3.40. The van der Waals surface area contributed by atoms with Crippen LogP contribution < -0.4 is 11.1 Å². The van der Waals surface area contributed by atoms with E-state index in [1.807, 2.05) is 24.3 Å². The lowest BCUT2D eigenvalue weighted by atomic mass is 10.1. The Labute approximate surface area is 93.7 Å². The third-order valence-electron chi connectivity index (χ3n) is 2.29. The van der Waals surface area contributed by atoms with Crippen molar-refractivity contribution in [2.75, 3.05) is 18.4 Å². The lowest BCUT2D eigenvalue weighted by Crippen LogP contribution is -2.14. The zero-order chi connectivity index (χ0) is 11.4. The van der Waals surface area contributed by atoms with E-state index in [0.29, 0.717) is 24.5 Å². The van der Waals surface area contributed by atoms with Crippen LogP contribution in [0.2, 0.25) is 0 Å². The van der Waals surface area contributed by atoms with Crippen LogP contribution in [-0.4, -0.2) is 18.1 Å². The predicted octanol–water partition coefficient (Wildman–Crippen LogP) is 1.48. The van der Waals surface area contributed by atoms with E-state index in [4.69, 9.17) is 11.0 Å². The number of hydrogen-bond acceptors (Lipinski definition) is 4. The number of benzene rings is 1. The topological polar surface area (TPSA) is 74.7 Å². The van der Waals surface area contributed by atoms with E-state index in [1.54, 1.807) is 6.07 Å². The van der Waals surface area contributed by atoms with Crippen LogP contribution in [0.3, 0.4) is 0 Å². The summed E-state index contributed by atoms with van der Waals surface area (Å²) in [6, 6.07) is 11.5. The first kappa shape index (κ1) is 10.4. The van der Waals surface area contributed by atoms with Crippen molar-refractivity contribution in [2.24, 2.45) is 5.73 Å². The second kappa shape index (κ2) is 4.60. The molecule has 3 N–H and O–H groups in total. The SMILES string of the molecule is N#Cc1cc(NCCN)nc2ccccc12. The molecule has 1 heterocycles. The number of nitrogens with zero attached hydrogens (tertiary/aromatic N) is 2. The van der Waals surface area contributed by atoms with Crippen molar-refractivity contribution < 1.29 is 0 Å². The van der Waals surface area contributed by atoms with Crippen LogP contribution in [0.1, 0.15) is 5.56 Å². The Balaban J connectivity index is 2.51. The number of anilines is 1. The van der Waals surface area contributed by atoms with Crippen molar-refractivity contribution in [3.05, 3.63) is 35.9 Å². The molecule has 0 amide bonds. The fourth-order valence-electron chi connectivity index (χ4n) is 1.56. The highest BCUT2D eigenvalue weighted by atomic mass is 15.0. The molecule has 1 aromatic heterocycles. The number of aromatic nitrogens is 1. The Morgan fingerprint density at radius 3 is 2.94 bits per heavy atom. The molecule has 4 nitrogen and oxygen atoms in total. The molecular weight excluding hydrogens is 200 g/mol. The minimum absolute atomic E-state index is 0.538. The van der Waals surface area contributed by atoms with Crippen LogP contribution in [0.5, 0.6) is 0 Å². The van der Waals surface area contributed by atoms with Gasteiger partial charge in [0.25, 0.3) is 0 Å². The summed E-state index contributed by atoms with van der Waals surface area (Å²) in [4.78, 5) is 4.40. The monoisotopic (exact) mass is 212 g/mol. The lowest BCUT2D eigenvalue weighted by molar-refractivity contribution is 1.01. The van der Waals surface area contributed by atoms with E-state index in [2.05, 4.69) is 16.4 Å². The molecule has 0 aliphatic heterocycles. The Bertz CT molecular complexity index is 542. The highest BCUT2D eigenvalue weighted by molar-refractivity contribution is 5.86. The van der Waals surface area contributed by atoms with Crippen molar-refractivity contribution >= 4 is 16.7 Å². The van der Waals surface area contributed by atoms with Crippen molar-refractivity contribution in [1.82, 2.24) is 4.98 Å². The van der Waals surface area contributed by atoms with Gasteiger partial charge in [0.1, 0.15) is 5.82 Å². The molecule has 2 aromatic rings. The molecule has 0 saturated heterocycles. The minimum atomic E-state index is 0.538. The normalized spacial score (nSPS) is 10.0. The molecule has 16 heavy (non-hydrogen) atoms. The summed E-state index contributed by atoms with van der Waals surface area (Å²) in [6.45, 7) is 1.19. The standard InChI is InChI=1S/C12H12N4/c13-5-6-15-12-7-9(8-14)10-3-1-2-4-11(10)16-12/h1-4,7H,5-6,13H2,(H,15,16). The molecule has 0 radical (unpaired) electrons. The Morgan fingerprint density at radius 1 is 1.38 bits per heavy atom. The zero-order valence-electron chi connectivity index (χ0n) is 8.77. The lowest BCUT2D eigenvalue weighted by Gasteiger charge is -2.06. The number of nitrogens with one attached hydrogen (secondary N) is 1. The quantitative estimate of drug-likeness (QED) is 0.808. The zero-order valence-corrected chi connectivity index (χ0v) is 8.77. The van der Waals surface area contributed by atoms with Crippen LogP contribution >= 0.6 is 0 Å². The first-order valence-corrected chi connectivity index (χ1v) is 5.09. The van der Waals surface area contributed by atoms with Gasteiger partial charge in [-0.05, 0) is 12.1 Å². The van der Waals surface area contributed by atoms with Crippen molar-refractivity contribution in [1.29, 1.82) is 5.26 Å². The Hall–Kier alpha value is -2.12. The molecule has 0 aliphatic carbocycles. The Morgan fingerprint density at radius 2 is 2.19 bits per heavy atom. The van der Waals surface area contributed by atoms with Crippen molar-refractivity contribution in [3.8, 4) is 6.07 Å². The highest BCUT2D eigenvalue weighted by Crippen LogP contribution is 2.19. The van der Waals surface area contributed by atoms with Crippen LogP contribution in [0.4, 0.5) is 5.82 Å².